The lowest BCUT2D eigenvalue weighted by Gasteiger charge is -2.28. The van der Waals surface area contributed by atoms with Gasteiger partial charge in [-0.3, -0.25) is 0 Å². The second kappa shape index (κ2) is 7.42. The number of hydrogen-bond acceptors (Lipinski definition) is 2. The minimum Gasteiger partial charge on any atom is -0.378 e. The normalized spacial score (nSPS) is 23.5. The summed E-state index contributed by atoms with van der Waals surface area (Å²) in [5.41, 5.74) is 5.75. The van der Waals surface area contributed by atoms with E-state index in [1.807, 2.05) is 0 Å². The van der Waals surface area contributed by atoms with Crippen LogP contribution in [0.5, 0.6) is 0 Å². The molecule has 2 nitrogen and oxygen atoms in total. The summed E-state index contributed by atoms with van der Waals surface area (Å²) < 4.78 is 5.80. The first-order chi connectivity index (χ1) is 10.0. The van der Waals surface area contributed by atoms with E-state index >= 15 is 0 Å². The highest BCUT2D eigenvalue weighted by atomic mass is 16.5. The van der Waals surface area contributed by atoms with Crippen molar-refractivity contribution >= 4 is 0 Å². The number of benzene rings is 1. The Morgan fingerprint density at radius 2 is 1.90 bits per heavy atom. The Morgan fingerprint density at radius 1 is 1.24 bits per heavy atom. The Bertz CT molecular complexity index is 446. The number of hydrogen-bond donors (Lipinski definition) is 1. The maximum absolute atomic E-state index is 5.80. The van der Waals surface area contributed by atoms with Gasteiger partial charge in [-0.1, -0.05) is 24.6 Å². The zero-order valence-corrected chi connectivity index (χ0v) is 14.3. The van der Waals surface area contributed by atoms with Crippen LogP contribution in [-0.2, 0) is 11.2 Å². The molecule has 1 fully saturated rings. The van der Waals surface area contributed by atoms with Gasteiger partial charge in [-0.2, -0.15) is 0 Å². The maximum atomic E-state index is 5.80. The Morgan fingerprint density at radius 3 is 2.43 bits per heavy atom. The topological polar surface area (TPSA) is 21.3 Å². The Hall–Kier alpha value is -0.860. The van der Waals surface area contributed by atoms with E-state index in [1.165, 1.54) is 35.1 Å². The third kappa shape index (κ3) is 4.08. The molecule has 0 aliphatic carbocycles. The highest BCUT2D eigenvalue weighted by Gasteiger charge is 2.32. The van der Waals surface area contributed by atoms with Crippen molar-refractivity contribution in [3.8, 4) is 0 Å². The van der Waals surface area contributed by atoms with E-state index in [-0.39, 0.29) is 0 Å². The van der Waals surface area contributed by atoms with Crippen LogP contribution in [0.15, 0.2) is 12.1 Å². The quantitative estimate of drug-likeness (QED) is 0.856. The molecular formula is C19H31NO. The zero-order valence-electron chi connectivity index (χ0n) is 14.3. The fourth-order valence-corrected chi connectivity index (χ4v) is 3.73. The number of ether oxygens (including phenoxy) is 1. The van der Waals surface area contributed by atoms with Crippen LogP contribution in [0.3, 0.4) is 0 Å². The van der Waals surface area contributed by atoms with E-state index in [4.69, 9.17) is 4.74 Å². The zero-order chi connectivity index (χ0) is 15.4. The molecule has 3 atom stereocenters. The molecule has 1 saturated heterocycles. The molecule has 0 aromatic heterocycles. The van der Waals surface area contributed by atoms with E-state index in [0.29, 0.717) is 18.1 Å². The molecule has 0 saturated carbocycles. The fraction of sp³-hybridized carbons (Fsp3) is 0.684. The van der Waals surface area contributed by atoms with Crippen molar-refractivity contribution in [2.45, 2.75) is 66.0 Å². The van der Waals surface area contributed by atoms with Gasteiger partial charge in [-0.05, 0) is 70.2 Å². The second-order valence-corrected chi connectivity index (χ2v) is 6.67. The van der Waals surface area contributed by atoms with Gasteiger partial charge in [0.2, 0.25) is 0 Å². The smallest absolute Gasteiger partial charge is 0.0590 e. The van der Waals surface area contributed by atoms with Gasteiger partial charge < -0.3 is 10.1 Å². The van der Waals surface area contributed by atoms with E-state index in [9.17, 15) is 0 Å². The Balaban J connectivity index is 2.18. The summed E-state index contributed by atoms with van der Waals surface area (Å²) >= 11 is 0. The van der Waals surface area contributed by atoms with E-state index < -0.39 is 0 Å². The second-order valence-electron chi connectivity index (χ2n) is 6.67. The van der Waals surface area contributed by atoms with Gasteiger partial charge in [0.25, 0.3) is 0 Å². The molecule has 1 aliphatic rings. The first kappa shape index (κ1) is 16.5. The minimum atomic E-state index is 0.380. The van der Waals surface area contributed by atoms with Crippen LogP contribution in [-0.4, -0.2) is 25.3 Å². The van der Waals surface area contributed by atoms with Crippen LogP contribution in [0, 0.1) is 26.7 Å². The van der Waals surface area contributed by atoms with Crippen molar-refractivity contribution in [3.05, 3.63) is 34.4 Å². The van der Waals surface area contributed by atoms with Crippen LogP contribution in [0.25, 0.3) is 0 Å². The Kier molecular flexibility index (Phi) is 5.83. The third-order valence-electron chi connectivity index (χ3n) is 4.87. The monoisotopic (exact) mass is 289 g/mol. The van der Waals surface area contributed by atoms with Gasteiger partial charge in [0.15, 0.2) is 0 Å². The molecule has 1 heterocycles. The molecular weight excluding hydrogens is 258 g/mol. The van der Waals surface area contributed by atoms with Gasteiger partial charge in [-0.25, -0.2) is 0 Å². The van der Waals surface area contributed by atoms with Crippen molar-refractivity contribution in [2.75, 3.05) is 13.2 Å². The summed E-state index contributed by atoms with van der Waals surface area (Å²) in [5, 5.41) is 3.78. The number of nitrogens with one attached hydrogen (secondary N) is 1. The van der Waals surface area contributed by atoms with Crippen LogP contribution in [0.2, 0.25) is 0 Å². The Labute approximate surface area is 130 Å². The summed E-state index contributed by atoms with van der Waals surface area (Å²) in [4.78, 5) is 0. The van der Waals surface area contributed by atoms with E-state index in [1.54, 1.807) is 0 Å². The average molecular weight is 289 g/mol. The van der Waals surface area contributed by atoms with Crippen molar-refractivity contribution in [2.24, 2.45) is 5.92 Å². The summed E-state index contributed by atoms with van der Waals surface area (Å²) in [5.74, 6) is 0.636. The van der Waals surface area contributed by atoms with Crippen LogP contribution >= 0.6 is 0 Å². The summed E-state index contributed by atoms with van der Waals surface area (Å²) in [6.07, 6.45) is 3.87. The maximum Gasteiger partial charge on any atom is 0.0590 e. The molecule has 1 aromatic rings. The minimum absolute atomic E-state index is 0.380. The standard InChI is InChI=1S/C19H31NO/c1-6-8-20-19(17-7-9-21-16(17)5)12-18-14(3)10-13(2)11-15(18)4/h10-11,16-17,19-20H,6-9,12H2,1-5H3. The molecule has 1 aromatic carbocycles. The molecule has 0 amide bonds. The predicted octanol–water partition coefficient (Wildman–Crippen LogP) is 3.95. The van der Waals surface area contributed by atoms with E-state index in [0.717, 1.165) is 19.6 Å². The van der Waals surface area contributed by atoms with Crippen molar-refractivity contribution in [1.82, 2.24) is 5.32 Å². The molecule has 21 heavy (non-hydrogen) atoms. The molecule has 1 N–H and O–H groups in total. The van der Waals surface area contributed by atoms with Gasteiger partial charge in [-0.15, -0.1) is 0 Å². The highest BCUT2D eigenvalue weighted by Crippen LogP contribution is 2.28. The number of aryl methyl sites for hydroxylation is 3. The highest BCUT2D eigenvalue weighted by molar-refractivity contribution is 5.38. The number of rotatable bonds is 6. The molecule has 2 rings (SSSR count). The SMILES string of the molecule is CCCNC(Cc1c(C)cc(C)cc1C)C1CCOC1C. The third-order valence-corrected chi connectivity index (χ3v) is 4.87. The molecule has 2 heteroatoms. The van der Waals surface area contributed by atoms with Gasteiger partial charge in [0.1, 0.15) is 0 Å². The molecule has 0 bridgehead atoms. The van der Waals surface area contributed by atoms with Gasteiger partial charge in [0, 0.05) is 18.6 Å². The van der Waals surface area contributed by atoms with Crippen molar-refractivity contribution in [3.63, 3.8) is 0 Å². The molecule has 1 aliphatic heterocycles. The van der Waals surface area contributed by atoms with Crippen molar-refractivity contribution in [1.29, 1.82) is 0 Å². The van der Waals surface area contributed by atoms with Gasteiger partial charge >= 0.3 is 0 Å². The summed E-state index contributed by atoms with van der Waals surface area (Å²) in [6.45, 7) is 13.2. The lowest BCUT2D eigenvalue weighted by Crippen LogP contribution is -2.41. The van der Waals surface area contributed by atoms with E-state index in [2.05, 4.69) is 52.1 Å². The molecule has 0 spiro atoms. The molecule has 3 unspecified atom stereocenters. The van der Waals surface area contributed by atoms with Gasteiger partial charge in [0.05, 0.1) is 6.10 Å². The van der Waals surface area contributed by atoms with Crippen molar-refractivity contribution < 1.29 is 4.74 Å². The lowest BCUT2D eigenvalue weighted by molar-refractivity contribution is 0.0953. The molecule has 118 valence electrons. The van der Waals surface area contributed by atoms with Crippen LogP contribution in [0.4, 0.5) is 0 Å². The predicted molar refractivity (Wildman–Crippen MR) is 90.0 cm³/mol. The first-order valence-corrected chi connectivity index (χ1v) is 8.44. The lowest BCUT2D eigenvalue weighted by atomic mass is 9.85. The largest absolute Gasteiger partial charge is 0.378 e. The average Bonchev–Trinajstić information content (AvgIpc) is 2.83. The van der Waals surface area contributed by atoms with Crippen LogP contribution < -0.4 is 5.32 Å². The summed E-state index contributed by atoms with van der Waals surface area (Å²) in [6, 6.07) is 5.16. The van der Waals surface area contributed by atoms with Crippen LogP contribution in [0.1, 0.15) is 48.9 Å². The first-order valence-electron chi connectivity index (χ1n) is 8.44. The summed E-state index contributed by atoms with van der Waals surface area (Å²) in [7, 11) is 0. The fourth-order valence-electron chi connectivity index (χ4n) is 3.73. The molecule has 0 radical (unpaired) electrons.